The topological polar surface area (TPSA) is 12.0 Å². The summed E-state index contributed by atoms with van der Waals surface area (Å²) >= 11 is 7.62. The molecule has 94 valence electrons. The van der Waals surface area contributed by atoms with E-state index in [-0.39, 0.29) is 0 Å². The summed E-state index contributed by atoms with van der Waals surface area (Å²) in [5, 5.41) is 4.10. The highest BCUT2D eigenvalue weighted by Gasteiger charge is 1.98. The second-order valence-corrected chi connectivity index (χ2v) is 5.56. The molecule has 1 N–H and O–H groups in total. The zero-order valence-corrected chi connectivity index (χ0v) is 11.9. The monoisotopic (exact) mass is 277 g/mol. The van der Waals surface area contributed by atoms with Crippen LogP contribution in [0.15, 0.2) is 58.3 Å². The predicted octanol–water partition coefficient (Wildman–Crippen LogP) is 4.60. The van der Waals surface area contributed by atoms with Crippen molar-refractivity contribution in [3.8, 4) is 0 Å². The van der Waals surface area contributed by atoms with Gasteiger partial charge >= 0.3 is 0 Å². The largest absolute Gasteiger partial charge is 0.313 e. The number of hydrogen-bond donors (Lipinski definition) is 1. The number of benzene rings is 2. The van der Waals surface area contributed by atoms with Crippen molar-refractivity contribution in [3.63, 3.8) is 0 Å². The third-order valence-electron chi connectivity index (χ3n) is 2.55. The fourth-order valence-electron chi connectivity index (χ4n) is 1.58. The Balaban J connectivity index is 1.99. The lowest BCUT2D eigenvalue weighted by molar-refractivity contribution is 0.726. The highest BCUT2D eigenvalue weighted by molar-refractivity contribution is 7.99. The molecule has 0 aliphatic rings. The maximum atomic E-state index is 5.87. The smallest absolute Gasteiger partial charge is 0.0406 e. The molecule has 1 nitrogen and oxygen atoms in total. The van der Waals surface area contributed by atoms with E-state index in [2.05, 4.69) is 36.5 Å². The maximum absolute atomic E-state index is 5.87. The number of nitrogens with one attached hydrogen (secondary N) is 1. The van der Waals surface area contributed by atoms with E-state index in [4.69, 9.17) is 11.6 Å². The second kappa shape index (κ2) is 6.83. The van der Waals surface area contributed by atoms with E-state index in [1.54, 1.807) is 11.8 Å². The Bertz CT molecular complexity index is 479. The minimum Gasteiger partial charge on any atom is -0.313 e. The molecule has 0 aromatic heterocycles. The zero-order valence-electron chi connectivity index (χ0n) is 10.3. The van der Waals surface area contributed by atoms with Gasteiger partial charge < -0.3 is 5.32 Å². The molecule has 2 rings (SSSR count). The highest BCUT2D eigenvalue weighted by atomic mass is 35.5. The molecular weight excluding hydrogens is 262 g/mol. The van der Waals surface area contributed by atoms with Crippen LogP contribution >= 0.6 is 23.4 Å². The zero-order chi connectivity index (χ0) is 12.8. The lowest BCUT2D eigenvalue weighted by Gasteiger charge is -2.05. The van der Waals surface area contributed by atoms with Crippen molar-refractivity contribution in [1.29, 1.82) is 0 Å². The summed E-state index contributed by atoms with van der Waals surface area (Å²) in [5.41, 5.74) is 1.32. The molecule has 2 aromatic rings. The SMILES string of the molecule is CCNCc1ccc(Sc2ccc(Cl)cc2)cc1. The second-order valence-electron chi connectivity index (χ2n) is 3.98. The van der Waals surface area contributed by atoms with Crippen molar-refractivity contribution in [2.24, 2.45) is 0 Å². The molecule has 0 fully saturated rings. The Morgan fingerprint density at radius 3 is 2.06 bits per heavy atom. The third kappa shape index (κ3) is 4.05. The average molecular weight is 278 g/mol. The molecule has 0 amide bonds. The first-order valence-corrected chi connectivity index (χ1v) is 7.20. The van der Waals surface area contributed by atoms with Crippen molar-refractivity contribution >= 4 is 23.4 Å². The van der Waals surface area contributed by atoms with E-state index in [9.17, 15) is 0 Å². The normalized spacial score (nSPS) is 10.6. The van der Waals surface area contributed by atoms with Gasteiger partial charge in [0.15, 0.2) is 0 Å². The van der Waals surface area contributed by atoms with E-state index >= 15 is 0 Å². The fraction of sp³-hybridized carbons (Fsp3) is 0.200. The van der Waals surface area contributed by atoms with Crippen LogP contribution in [0.1, 0.15) is 12.5 Å². The van der Waals surface area contributed by atoms with Crippen LogP contribution in [-0.4, -0.2) is 6.54 Å². The van der Waals surface area contributed by atoms with E-state index < -0.39 is 0 Å². The molecule has 0 spiro atoms. The molecule has 0 aliphatic carbocycles. The van der Waals surface area contributed by atoms with E-state index in [1.807, 2.05) is 24.3 Å². The molecule has 2 aromatic carbocycles. The molecule has 0 saturated heterocycles. The van der Waals surface area contributed by atoms with Crippen LogP contribution in [0.5, 0.6) is 0 Å². The van der Waals surface area contributed by atoms with Gasteiger partial charge in [-0.15, -0.1) is 0 Å². The molecule has 0 radical (unpaired) electrons. The summed E-state index contributed by atoms with van der Waals surface area (Å²) in [4.78, 5) is 2.46. The van der Waals surface area contributed by atoms with Gasteiger partial charge in [0.25, 0.3) is 0 Å². The first-order chi connectivity index (χ1) is 8.78. The standard InChI is InChI=1S/C15H16ClNS/c1-2-17-11-12-3-7-14(8-4-12)18-15-9-5-13(16)6-10-15/h3-10,17H,2,11H2,1H3. The van der Waals surface area contributed by atoms with Gasteiger partial charge in [-0.05, 0) is 48.5 Å². The molecular formula is C15H16ClNS. The minimum atomic E-state index is 0.778. The average Bonchev–Trinajstić information content (AvgIpc) is 2.41. The Morgan fingerprint density at radius 2 is 1.50 bits per heavy atom. The summed E-state index contributed by atoms with van der Waals surface area (Å²) in [6.07, 6.45) is 0. The van der Waals surface area contributed by atoms with Crippen molar-refractivity contribution in [3.05, 3.63) is 59.1 Å². The summed E-state index contributed by atoms with van der Waals surface area (Å²) < 4.78 is 0. The van der Waals surface area contributed by atoms with Crippen molar-refractivity contribution in [2.75, 3.05) is 6.54 Å². The van der Waals surface area contributed by atoms with Gasteiger partial charge in [-0.2, -0.15) is 0 Å². The Morgan fingerprint density at radius 1 is 0.944 bits per heavy atom. The van der Waals surface area contributed by atoms with Crippen LogP contribution in [0.25, 0.3) is 0 Å². The predicted molar refractivity (Wildman–Crippen MR) is 79.4 cm³/mol. The molecule has 0 bridgehead atoms. The first kappa shape index (κ1) is 13.5. The molecule has 0 saturated carbocycles. The highest BCUT2D eigenvalue weighted by Crippen LogP contribution is 2.28. The number of rotatable bonds is 5. The van der Waals surface area contributed by atoms with Crippen molar-refractivity contribution in [2.45, 2.75) is 23.3 Å². The Kier molecular flexibility index (Phi) is 5.12. The molecule has 3 heteroatoms. The quantitative estimate of drug-likeness (QED) is 0.857. The third-order valence-corrected chi connectivity index (χ3v) is 3.82. The minimum absolute atomic E-state index is 0.778. The van der Waals surface area contributed by atoms with Gasteiger partial charge in [-0.25, -0.2) is 0 Å². The van der Waals surface area contributed by atoms with Crippen LogP contribution in [-0.2, 0) is 6.54 Å². The first-order valence-electron chi connectivity index (χ1n) is 6.01. The maximum Gasteiger partial charge on any atom is 0.0406 e. The summed E-state index contributed by atoms with van der Waals surface area (Å²) in [5.74, 6) is 0. The lowest BCUT2D eigenvalue weighted by Crippen LogP contribution is -2.11. The van der Waals surface area contributed by atoms with Gasteiger partial charge in [0.1, 0.15) is 0 Å². The van der Waals surface area contributed by atoms with Crippen LogP contribution in [0.4, 0.5) is 0 Å². The van der Waals surface area contributed by atoms with Crippen LogP contribution in [0.2, 0.25) is 5.02 Å². The van der Waals surface area contributed by atoms with Gasteiger partial charge in [0, 0.05) is 21.4 Å². The molecule has 0 atom stereocenters. The molecule has 18 heavy (non-hydrogen) atoms. The van der Waals surface area contributed by atoms with Gasteiger partial charge in [-0.3, -0.25) is 0 Å². The van der Waals surface area contributed by atoms with E-state index in [0.29, 0.717) is 0 Å². The molecule has 0 aliphatic heterocycles. The fourth-order valence-corrected chi connectivity index (χ4v) is 2.53. The van der Waals surface area contributed by atoms with Crippen LogP contribution in [0, 0.1) is 0 Å². The number of halogens is 1. The summed E-state index contributed by atoms with van der Waals surface area (Å²) in [7, 11) is 0. The molecule has 0 unspecified atom stereocenters. The lowest BCUT2D eigenvalue weighted by atomic mass is 10.2. The van der Waals surface area contributed by atoms with Crippen molar-refractivity contribution < 1.29 is 0 Å². The van der Waals surface area contributed by atoms with Gasteiger partial charge in [-0.1, -0.05) is 42.4 Å². The van der Waals surface area contributed by atoms with Gasteiger partial charge in [0.05, 0.1) is 0 Å². The van der Waals surface area contributed by atoms with Gasteiger partial charge in [0.2, 0.25) is 0 Å². The van der Waals surface area contributed by atoms with Crippen LogP contribution < -0.4 is 5.32 Å². The number of hydrogen-bond acceptors (Lipinski definition) is 2. The van der Waals surface area contributed by atoms with Crippen molar-refractivity contribution in [1.82, 2.24) is 5.32 Å². The summed E-state index contributed by atoms with van der Waals surface area (Å²) in [6, 6.07) is 16.6. The van der Waals surface area contributed by atoms with Crippen LogP contribution in [0.3, 0.4) is 0 Å². The van der Waals surface area contributed by atoms with E-state index in [0.717, 1.165) is 18.1 Å². The van der Waals surface area contributed by atoms with E-state index in [1.165, 1.54) is 15.4 Å². The Hall–Kier alpha value is -0.960. The molecule has 0 heterocycles. The Labute approximate surface area is 118 Å². The summed E-state index contributed by atoms with van der Waals surface area (Å²) in [6.45, 7) is 4.05.